The molecular formula is C13H16FNO2. The molecule has 1 aromatic carbocycles. The van der Waals surface area contributed by atoms with E-state index in [1.165, 1.54) is 0 Å². The number of hydrogen-bond acceptors (Lipinski definition) is 3. The van der Waals surface area contributed by atoms with Crippen LogP contribution in [-0.4, -0.2) is 12.6 Å². The third-order valence-electron chi connectivity index (χ3n) is 2.35. The molecule has 0 bridgehead atoms. The summed E-state index contributed by atoms with van der Waals surface area (Å²) in [5.74, 6) is -0.679. The van der Waals surface area contributed by atoms with Gasteiger partial charge in [0, 0.05) is 16.8 Å². The van der Waals surface area contributed by atoms with Gasteiger partial charge in [0.25, 0.3) is 0 Å². The van der Waals surface area contributed by atoms with Crippen molar-refractivity contribution in [1.82, 2.24) is 0 Å². The molecule has 0 amide bonds. The van der Waals surface area contributed by atoms with Crippen LogP contribution in [0.15, 0.2) is 18.2 Å². The lowest BCUT2D eigenvalue weighted by molar-refractivity contribution is -0.142. The minimum atomic E-state index is -0.356. The summed E-state index contributed by atoms with van der Waals surface area (Å²) in [6.45, 7) is 3.71. The quantitative estimate of drug-likeness (QED) is 0.647. The number of nitrogen functional groups attached to an aromatic ring is 1. The number of ether oxygens (including phenoxy) is 1. The molecule has 0 fully saturated rings. The van der Waals surface area contributed by atoms with Crippen molar-refractivity contribution in [2.24, 2.45) is 0 Å². The summed E-state index contributed by atoms with van der Waals surface area (Å²) in [6.07, 6.45) is 3.27. The van der Waals surface area contributed by atoms with Gasteiger partial charge >= 0.3 is 5.97 Å². The SMILES string of the molecule is CCOC(=O)CC=Cc1ccc(N)c(C)c1F. The van der Waals surface area contributed by atoms with Crippen LogP contribution in [0.4, 0.5) is 10.1 Å². The lowest BCUT2D eigenvalue weighted by Gasteiger charge is -2.04. The van der Waals surface area contributed by atoms with Crippen LogP contribution in [0.1, 0.15) is 24.5 Å². The second-order valence-electron chi connectivity index (χ2n) is 3.59. The van der Waals surface area contributed by atoms with E-state index in [2.05, 4.69) is 0 Å². The standard InChI is InChI=1S/C13H16FNO2/c1-3-17-12(16)6-4-5-10-7-8-11(15)9(2)13(10)14/h4-5,7-8H,3,6,15H2,1-2H3. The Morgan fingerprint density at radius 3 is 2.88 bits per heavy atom. The van der Waals surface area contributed by atoms with Gasteiger partial charge in [-0.3, -0.25) is 4.79 Å². The van der Waals surface area contributed by atoms with Gasteiger partial charge in [-0.05, 0) is 26.0 Å². The number of esters is 1. The average molecular weight is 237 g/mol. The van der Waals surface area contributed by atoms with E-state index in [1.807, 2.05) is 0 Å². The summed E-state index contributed by atoms with van der Waals surface area (Å²) >= 11 is 0. The molecule has 0 aliphatic carbocycles. The number of anilines is 1. The fraction of sp³-hybridized carbons (Fsp3) is 0.308. The third-order valence-corrected chi connectivity index (χ3v) is 2.35. The first kappa shape index (κ1) is 13.2. The first-order valence-electron chi connectivity index (χ1n) is 5.43. The molecule has 0 aliphatic heterocycles. The van der Waals surface area contributed by atoms with Crippen molar-refractivity contribution < 1.29 is 13.9 Å². The van der Waals surface area contributed by atoms with Crippen molar-refractivity contribution >= 4 is 17.7 Å². The summed E-state index contributed by atoms with van der Waals surface area (Å²) in [5.41, 5.74) is 6.83. The van der Waals surface area contributed by atoms with Crippen molar-refractivity contribution in [2.45, 2.75) is 20.3 Å². The molecule has 0 aromatic heterocycles. The van der Waals surface area contributed by atoms with Crippen molar-refractivity contribution in [3.63, 3.8) is 0 Å². The number of halogens is 1. The predicted octanol–water partition coefficient (Wildman–Crippen LogP) is 2.68. The topological polar surface area (TPSA) is 52.3 Å². The van der Waals surface area contributed by atoms with E-state index in [0.717, 1.165) is 0 Å². The summed E-state index contributed by atoms with van der Waals surface area (Å²) in [6, 6.07) is 3.22. The van der Waals surface area contributed by atoms with Crippen molar-refractivity contribution in [3.8, 4) is 0 Å². The second kappa shape index (κ2) is 6.03. The molecule has 0 unspecified atom stereocenters. The summed E-state index contributed by atoms with van der Waals surface area (Å²) in [7, 11) is 0. The van der Waals surface area contributed by atoms with Crippen LogP contribution in [0.2, 0.25) is 0 Å². The van der Waals surface area contributed by atoms with E-state index >= 15 is 0 Å². The summed E-state index contributed by atoms with van der Waals surface area (Å²) in [5, 5.41) is 0. The minimum Gasteiger partial charge on any atom is -0.466 e. The molecule has 4 heteroatoms. The van der Waals surface area contributed by atoms with Gasteiger partial charge in [0.05, 0.1) is 13.0 Å². The van der Waals surface area contributed by atoms with Gasteiger partial charge < -0.3 is 10.5 Å². The molecule has 0 saturated heterocycles. The average Bonchev–Trinajstić information content (AvgIpc) is 2.29. The molecular weight excluding hydrogens is 221 g/mol. The van der Waals surface area contributed by atoms with E-state index < -0.39 is 0 Å². The molecule has 17 heavy (non-hydrogen) atoms. The Bertz CT molecular complexity index is 441. The number of carbonyl (C=O) groups excluding carboxylic acids is 1. The van der Waals surface area contributed by atoms with E-state index in [9.17, 15) is 9.18 Å². The van der Waals surface area contributed by atoms with Crippen molar-refractivity contribution in [1.29, 1.82) is 0 Å². The molecule has 0 atom stereocenters. The highest BCUT2D eigenvalue weighted by molar-refractivity contribution is 5.72. The molecule has 2 N–H and O–H groups in total. The van der Waals surface area contributed by atoms with Gasteiger partial charge in [-0.2, -0.15) is 0 Å². The van der Waals surface area contributed by atoms with Gasteiger partial charge in [0.2, 0.25) is 0 Å². The summed E-state index contributed by atoms with van der Waals surface area (Å²) < 4.78 is 18.4. The van der Waals surface area contributed by atoms with Crippen LogP contribution >= 0.6 is 0 Å². The second-order valence-corrected chi connectivity index (χ2v) is 3.59. The molecule has 0 radical (unpaired) electrons. The zero-order chi connectivity index (χ0) is 12.8. The van der Waals surface area contributed by atoms with Crippen LogP contribution in [0.5, 0.6) is 0 Å². The van der Waals surface area contributed by atoms with E-state index in [4.69, 9.17) is 10.5 Å². The Hall–Kier alpha value is -1.84. The van der Waals surface area contributed by atoms with E-state index in [1.54, 1.807) is 38.1 Å². The minimum absolute atomic E-state index is 0.136. The maximum Gasteiger partial charge on any atom is 0.309 e. The van der Waals surface area contributed by atoms with Gasteiger partial charge in [-0.25, -0.2) is 4.39 Å². The Balaban J connectivity index is 2.72. The lowest BCUT2D eigenvalue weighted by Crippen LogP contribution is -2.01. The molecule has 92 valence electrons. The first-order valence-corrected chi connectivity index (χ1v) is 5.43. The Labute approximate surface area is 100 Å². The molecule has 3 nitrogen and oxygen atoms in total. The predicted molar refractivity (Wildman–Crippen MR) is 65.8 cm³/mol. The largest absolute Gasteiger partial charge is 0.466 e. The van der Waals surface area contributed by atoms with Crippen LogP contribution in [-0.2, 0) is 9.53 Å². The zero-order valence-electron chi connectivity index (χ0n) is 10.00. The number of carbonyl (C=O) groups is 1. The lowest BCUT2D eigenvalue weighted by atomic mass is 10.1. The van der Waals surface area contributed by atoms with Gasteiger partial charge in [0.15, 0.2) is 0 Å². The maximum atomic E-state index is 13.7. The Morgan fingerprint density at radius 1 is 1.53 bits per heavy atom. The van der Waals surface area contributed by atoms with Crippen LogP contribution < -0.4 is 5.73 Å². The number of nitrogens with two attached hydrogens (primary N) is 1. The molecule has 0 saturated carbocycles. The van der Waals surface area contributed by atoms with Gasteiger partial charge in [0.1, 0.15) is 5.82 Å². The number of rotatable bonds is 4. The molecule has 1 aromatic rings. The summed E-state index contributed by atoms with van der Waals surface area (Å²) in [4.78, 5) is 11.1. The highest BCUT2D eigenvalue weighted by Gasteiger charge is 2.05. The fourth-order valence-corrected chi connectivity index (χ4v) is 1.35. The number of hydrogen-bond donors (Lipinski definition) is 1. The molecule has 0 heterocycles. The molecule has 0 spiro atoms. The van der Waals surface area contributed by atoms with Crippen LogP contribution in [0.3, 0.4) is 0 Å². The first-order chi connectivity index (χ1) is 8.06. The molecule has 0 aliphatic rings. The normalized spacial score (nSPS) is 10.8. The Kier molecular flexibility index (Phi) is 4.69. The Morgan fingerprint density at radius 2 is 2.24 bits per heavy atom. The highest BCUT2D eigenvalue weighted by Crippen LogP contribution is 2.19. The molecule has 1 rings (SSSR count). The maximum absolute atomic E-state index is 13.7. The van der Waals surface area contributed by atoms with Crippen molar-refractivity contribution in [3.05, 3.63) is 35.2 Å². The third kappa shape index (κ3) is 3.59. The zero-order valence-corrected chi connectivity index (χ0v) is 10.00. The number of benzene rings is 1. The van der Waals surface area contributed by atoms with Crippen molar-refractivity contribution in [2.75, 3.05) is 12.3 Å². The van der Waals surface area contributed by atoms with E-state index in [-0.39, 0.29) is 18.2 Å². The highest BCUT2D eigenvalue weighted by atomic mass is 19.1. The van der Waals surface area contributed by atoms with Crippen LogP contribution in [0.25, 0.3) is 6.08 Å². The van der Waals surface area contributed by atoms with E-state index in [0.29, 0.717) is 23.4 Å². The smallest absolute Gasteiger partial charge is 0.309 e. The monoisotopic (exact) mass is 237 g/mol. The van der Waals surface area contributed by atoms with Crippen LogP contribution in [0, 0.1) is 12.7 Å². The van der Waals surface area contributed by atoms with Gasteiger partial charge in [-0.1, -0.05) is 12.2 Å². The van der Waals surface area contributed by atoms with Gasteiger partial charge in [-0.15, -0.1) is 0 Å². The fourth-order valence-electron chi connectivity index (χ4n) is 1.35.